The van der Waals surface area contributed by atoms with Gasteiger partial charge in [0.15, 0.2) is 0 Å². The smallest absolute Gasteiger partial charge is 0.410 e. The summed E-state index contributed by atoms with van der Waals surface area (Å²) in [6.45, 7) is 7.78. The van der Waals surface area contributed by atoms with E-state index in [2.05, 4.69) is 0 Å². The molecule has 1 aromatic carbocycles. The molecule has 7 heteroatoms. The first-order valence-corrected chi connectivity index (χ1v) is 8.78. The van der Waals surface area contributed by atoms with Gasteiger partial charge in [-0.1, -0.05) is 26.0 Å². The first-order chi connectivity index (χ1) is 10.3. The van der Waals surface area contributed by atoms with Crippen molar-refractivity contribution in [1.29, 1.82) is 0 Å². The van der Waals surface area contributed by atoms with Crippen LogP contribution in [0.1, 0.15) is 39.2 Å². The summed E-state index contributed by atoms with van der Waals surface area (Å²) in [4.78, 5) is 12.2. The molecule has 6 nitrogen and oxygen atoms in total. The monoisotopic (exact) mass is 329 g/mol. The molecule has 0 aliphatic rings. The van der Waals surface area contributed by atoms with Crippen molar-refractivity contribution in [2.24, 2.45) is 0 Å². The normalized spacial score (nSPS) is 11.5. The minimum Gasteiger partial charge on any atom is -0.410 e. The average Bonchev–Trinajstić information content (AvgIpc) is 2.47. The van der Waals surface area contributed by atoms with Gasteiger partial charge in [-0.25, -0.2) is 14.0 Å². The van der Waals surface area contributed by atoms with Gasteiger partial charge in [-0.3, -0.25) is 9.05 Å². The maximum absolute atomic E-state index is 12.5. The predicted octanol–water partition coefficient (Wildman–Crippen LogP) is 4.42. The number of amides is 1. The number of benzene rings is 1. The number of carbonyl (C=O) groups excluding carboxylic acids is 1. The molecule has 0 aliphatic carbocycles. The van der Waals surface area contributed by atoms with Crippen LogP contribution in [0.25, 0.3) is 0 Å². The minimum atomic E-state index is -3.68. The Kier molecular flexibility index (Phi) is 7.07. The van der Waals surface area contributed by atoms with Crippen molar-refractivity contribution in [2.45, 2.75) is 33.6 Å². The van der Waals surface area contributed by atoms with E-state index in [1.165, 1.54) is 7.05 Å². The molecule has 1 amide bonds. The molecule has 0 radical (unpaired) electrons. The van der Waals surface area contributed by atoms with E-state index < -0.39 is 13.8 Å². The fraction of sp³-hybridized carbons (Fsp3) is 0.533. The lowest BCUT2D eigenvalue weighted by molar-refractivity contribution is 0.150. The number of hydrogen-bond donors (Lipinski definition) is 0. The summed E-state index contributed by atoms with van der Waals surface area (Å²) < 4.78 is 28.9. The second-order valence-corrected chi connectivity index (χ2v) is 6.98. The molecular weight excluding hydrogens is 305 g/mol. The summed E-state index contributed by atoms with van der Waals surface area (Å²) in [6, 6.07) is 7.21. The molecule has 0 heterocycles. The molecule has 0 atom stereocenters. The summed E-state index contributed by atoms with van der Waals surface area (Å²) in [5.74, 6) is 0.705. The SMILES string of the molecule is CCOP(=O)(OCC)N(C)C(=O)Oc1cccc(C(C)C)c1. The van der Waals surface area contributed by atoms with E-state index in [1.807, 2.05) is 26.0 Å². The highest BCUT2D eigenvalue weighted by atomic mass is 31.2. The molecule has 0 saturated heterocycles. The van der Waals surface area contributed by atoms with E-state index in [9.17, 15) is 9.36 Å². The third-order valence-corrected chi connectivity index (χ3v) is 5.01. The van der Waals surface area contributed by atoms with Crippen LogP contribution in [-0.2, 0) is 13.6 Å². The van der Waals surface area contributed by atoms with Gasteiger partial charge in [-0.05, 0) is 37.5 Å². The molecule has 0 fully saturated rings. The van der Waals surface area contributed by atoms with Crippen LogP contribution in [0.15, 0.2) is 24.3 Å². The van der Waals surface area contributed by atoms with Crippen molar-refractivity contribution in [1.82, 2.24) is 4.67 Å². The number of ether oxygens (including phenoxy) is 1. The van der Waals surface area contributed by atoms with Crippen LogP contribution in [0.2, 0.25) is 0 Å². The lowest BCUT2D eigenvalue weighted by atomic mass is 10.0. The summed E-state index contributed by atoms with van der Waals surface area (Å²) in [5, 5.41) is 0. The van der Waals surface area contributed by atoms with E-state index in [0.717, 1.165) is 10.2 Å². The van der Waals surface area contributed by atoms with Gasteiger partial charge in [-0.2, -0.15) is 0 Å². The predicted molar refractivity (Wildman–Crippen MR) is 85.2 cm³/mol. The fourth-order valence-electron chi connectivity index (χ4n) is 1.74. The maximum atomic E-state index is 12.5. The third kappa shape index (κ3) is 4.83. The minimum absolute atomic E-state index is 0.164. The van der Waals surface area contributed by atoms with E-state index in [4.69, 9.17) is 13.8 Å². The Hall–Kier alpha value is -1.36. The van der Waals surface area contributed by atoms with Crippen molar-refractivity contribution in [3.8, 4) is 5.75 Å². The molecular formula is C15H24NO5P. The molecule has 0 aliphatic heterocycles. The van der Waals surface area contributed by atoms with Gasteiger partial charge in [0.05, 0.1) is 13.2 Å². The zero-order valence-corrected chi connectivity index (χ0v) is 14.6. The zero-order chi connectivity index (χ0) is 16.8. The van der Waals surface area contributed by atoms with Gasteiger partial charge in [0, 0.05) is 7.05 Å². The summed E-state index contributed by atoms with van der Waals surface area (Å²) >= 11 is 0. The quantitative estimate of drug-likeness (QED) is 0.693. The molecule has 124 valence electrons. The van der Waals surface area contributed by atoms with Gasteiger partial charge >= 0.3 is 13.8 Å². The van der Waals surface area contributed by atoms with Gasteiger partial charge in [0.25, 0.3) is 0 Å². The first-order valence-electron chi connectivity index (χ1n) is 7.29. The Labute approximate surface area is 131 Å². The highest BCUT2D eigenvalue weighted by molar-refractivity contribution is 7.52. The standard InChI is InChI=1S/C15H24NO5P/c1-6-19-22(18,20-7-2)16(5)15(17)21-14-10-8-9-13(11-14)12(3)4/h8-12H,6-7H2,1-5H3. The van der Waals surface area contributed by atoms with Crippen molar-refractivity contribution in [3.05, 3.63) is 29.8 Å². The Morgan fingerprint density at radius 3 is 2.32 bits per heavy atom. The van der Waals surface area contributed by atoms with Gasteiger partial charge in [0.2, 0.25) is 0 Å². The van der Waals surface area contributed by atoms with Crippen molar-refractivity contribution < 1.29 is 23.1 Å². The van der Waals surface area contributed by atoms with Crippen LogP contribution in [0, 0.1) is 0 Å². The van der Waals surface area contributed by atoms with Crippen LogP contribution in [0.3, 0.4) is 0 Å². The highest BCUT2D eigenvalue weighted by Crippen LogP contribution is 2.51. The van der Waals surface area contributed by atoms with Gasteiger partial charge < -0.3 is 4.74 Å². The second-order valence-electron chi connectivity index (χ2n) is 4.92. The van der Waals surface area contributed by atoms with E-state index in [-0.39, 0.29) is 13.2 Å². The fourth-order valence-corrected chi connectivity index (χ4v) is 3.06. The van der Waals surface area contributed by atoms with Crippen LogP contribution in [-0.4, -0.2) is 31.0 Å². The molecule has 0 N–H and O–H groups in total. The maximum Gasteiger partial charge on any atom is 0.439 e. The summed E-state index contributed by atoms with van der Waals surface area (Å²) in [5.41, 5.74) is 1.05. The Bertz CT molecular complexity index is 536. The molecule has 0 unspecified atom stereocenters. The first kappa shape index (κ1) is 18.7. The average molecular weight is 329 g/mol. The van der Waals surface area contributed by atoms with Gasteiger partial charge in [-0.15, -0.1) is 0 Å². The van der Waals surface area contributed by atoms with E-state index in [0.29, 0.717) is 11.7 Å². The molecule has 1 aromatic rings. The summed E-state index contributed by atoms with van der Waals surface area (Å²) in [6.07, 6.45) is -0.786. The largest absolute Gasteiger partial charge is 0.439 e. The van der Waals surface area contributed by atoms with Crippen LogP contribution in [0.5, 0.6) is 5.75 Å². The Morgan fingerprint density at radius 2 is 1.82 bits per heavy atom. The lowest BCUT2D eigenvalue weighted by Crippen LogP contribution is -2.29. The molecule has 1 rings (SSSR count). The topological polar surface area (TPSA) is 65.1 Å². The molecule has 0 spiro atoms. The molecule has 0 bridgehead atoms. The molecule has 22 heavy (non-hydrogen) atoms. The van der Waals surface area contributed by atoms with E-state index >= 15 is 0 Å². The van der Waals surface area contributed by atoms with Crippen LogP contribution in [0.4, 0.5) is 4.79 Å². The zero-order valence-electron chi connectivity index (χ0n) is 13.7. The Morgan fingerprint density at radius 1 is 1.23 bits per heavy atom. The highest BCUT2D eigenvalue weighted by Gasteiger charge is 2.35. The third-order valence-electron chi connectivity index (χ3n) is 2.95. The molecule has 0 saturated carbocycles. The van der Waals surface area contributed by atoms with Gasteiger partial charge in [0.1, 0.15) is 5.75 Å². The number of hydrogen-bond acceptors (Lipinski definition) is 5. The Balaban J connectivity index is 2.87. The van der Waals surface area contributed by atoms with Crippen LogP contribution < -0.4 is 4.74 Å². The number of nitrogens with zero attached hydrogens (tertiary/aromatic N) is 1. The van der Waals surface area contributed by atoms with Crippen molar-refractivity contribution in [3.63, 3.8) is 0 Å². The number of rotatable bonds is 7. The van der Waals surface area contributed by atoms with E-state index in [1.54, 1.807) is 26.0 Å². The summed E-state index contributed by atoms with van der Waals surface area (Å²) in [7, 11) is -2.34. The second kappa shape index (κ2) is 8.32. The van der Waals surface area contributed by atoms with Crippen LogP contribution >= 0.6 is 7.75 Å². The number of carbonyl (C=O) groups is 1. The van der Waals surface area contributed by atoms with Crippen molar-refractivity contribution in [2.75, 3.05) is 20.3 Å². The van der Waals surface area contributed by atoms with Crippen molar-refractivity contribution >= 4 is 13.8 Å². The lowest BCUT2D eigenvalue weighted by Gasteiger charge is -2.25. The molecule has 0 aromatic heterocycles.